The first kappa shape index (κ1) is 22.4. The molecule has 6 heteroatoms. The van der Waals surface area contributed by atoms with Crippen molar-refractivity contribution >= 4 is 23.0 Å². The zero-order chi connectivity index (χ0) is 23.9. The van der Waals surface area contributed by atoms with Gasteiger partial charge in [-0.25, -0.2) is 4.98 Å². The van der Waals surface area contributed by atoms with Gasteiger partial charge in [-0.05, 0) is 70.4 Å². The molecule has 3 aliphatic rings. The van der Waals surface area contributed by atoms with E-state index in [2.05, 4.69) is 64.3 Å². The van der Waals surface area contributed by atoms with Gasteiger partial charge in [0.25, 0.3) is 0 Å². The molecule has 2 fully saturated rings. The van der Waals surface area contributed by atoms with Gasteiger partial charge in [0, 0.05) is 49.1 Å². The predicted molar refractivity (Wildman–Crippen MR) is 144 cm³/mol. The van der Waals surface area contributed by atoms with Crippen LogP contribution in [0.25, 0.3) is 11.3 Å². The third kappa shape index (κ3) is 4.07. The first-order valence-corrected chi connectivity index (χ1v) is 13.5. The lowest BCUT2D eigenvalue weighted by molar-refractivity contribution is 0.226. The molecule has 1 N–H and O–H groups in total. The lowest BCUT2D eigenvalue weighted by Crippen LogP contribution is -2.38. The molecule has 0 radical (unpaired) electrons. The average Bonchev–Trinajstić information content (AvgIpc) is 3.25. The van der Waals surface area contributed by atoms with E-state index >= 15 is 0 Å². The van der Waals surface area contributed by atoms with Gasteiger partial charge < -0.3 is 15.1 Å². The Morgan fingerprint density at radius 2 is 1.86 bits per heavy atom. The normalized spacial score (nSPS) is 21.1. The Kier molecular flexibility index (Phi) is 5.91. The van der Waals surface area contributed by atoms with Gasteiger partial charge >= 0.3 is 0 Å². The highest BCUT2D eigenvalue weighted by molar-refractivity contribution is 5.68. The second-order valence-corrected chi connectivity index (χ2v) is 10.6. The van der Waals surface area contributed by atoms with Crippen LogP contribution >= 0.6 is 0 Å². The van der Waals surface area contributed by atoms with Crippen LogP contribution in [0.15, 0.2) is 30.8 Å². The second-order valence-electron chi connectivity index (χ2n) is 10.6. The van der Waals surface area contributed by atoms with Crippen molar-refractivity contribution < 1.29 is 0 Å². The minimum Gasteiger partial charge on any atom is -0.370 e. The van der Waals surface area contributed by atoms with Gasteiger partial charge in [0.05, 0.1) is 11.7 Å². The molecule has 0 aliphatic carbocycles. The predicted octanol–water partition coefficient (Wildman–Crippen LogP) is 5.89. The molecule has 3 aromatic rings. The maximum Gasteiger partial charge on any atom is 0.160 e. The van der Waals surface area contributed by atoms with E-state index in [1.165, 1.54) is 54.4 Å². The number of piperidine rings is 1. The van der Waals surface area contributed by atoms with Crippen molar-refractivity contribution in [2.75, 3.05) is 36.4 Å². The highest BCUT2D eigenvalue weighted by Crippen LogP contribution is 2.39. The van der Waals surface area contributed by atoms with E-state index in [-0.39, 0.29) is 6.04 Å². The summed E-state index contributed by atoms with van der Waals surface area (Å²) in [6.45, 7) is 13.2. The summed E-state index contributed by atoms with van der Waals surface area (Å²) < 4.78 is 2.07. The molecule has 0 spiro atoms. The van der Waals surface area contributed by atoms with Crippen LogP contribution in [0, 0.1) is 13.8 Å². The molecule has 0 amide bonds. The Labute approximate surface area is 209 Å². The lowest BCUT2D eigenvalue weighted by Gasteiger charge is -2.38. The molecule has 2 saturated heterocycles. The monoisotopic (exact) mass is 470 g/mol. The number of anilines is 2. The smallest absolute Gasteiger partial charge is 0.160 e. The first-order valence-electron chi connectivity index (χ1n) is 13.5. The van der Waals surface area contributed by atoms with E-state index in [9.17, 15) is 0 Å². The molecular weight excluding hydrogens is 432 g/mol. The molecule has 1 atom stereocenters. The van der Waals surface area contributed by atoms with Gasteiger partial charge in [0.1, 0.15) is 11.6 Å². The van der Waals surface area contributed by atoms with Crippen LogP contribution in [0.2, 0.25) is 0 Å². The summed E-state index contributed by atoms with van der Waals surface area (Å²) >= 11 is 0. The van der Waals surface area contributed by atoms with Crippen LogP contribution in [0.1, 0.15) is 78.9 Å². The minimum absolute atomic E-state index is 0.233. The molecule has 1 aromatic carbocycles. The highest BCUT2D eigenvalue weighted by Gasteiger charge is 2.30. The van der Waals surface area contributed by atoms with Crippen molar-refractivity contribution in [3.63, 3.8) is 0 Å². The average molecular weight is 471 g/mol. The van der Waals surface area contributed by atoms with Crippen molar-refractivity contribution in [2.24, 2.45) is 0 Å². The molecular formula is C29H38N6. The van der Waals surface area contributed by atoms with Gasteiger partial charge in [-0.2, -0.15) is 9.61 Å². The van der Waals surface area contributed by atoms with Crippen LogP contribution < -0.4 is 10.2 Å². The molecule has 3 aliphatic heterocycles. The van der Waals surface area contributed by atoms with Crippen molar-refractivity contribution in [3.8, 4) is 0 Å². The Hall–Kier alpha value is -3.02. The summed E-state index contributed by atoms with van der Waals surface area (Å²) in [4.78, 5) is 10.0. The fraction of sp³-hybridized carbons (Fsp3) is 0.517. The lowest BCUT2D eigenvalue weighted by atomic mass is 9.93. The standard InChI is InChI=1S/C29H38N6/c1-20-12-13-23-10-5-4-7-14-30-28-21(2)29(33-15-9-16-33)31-27-19-25(32-35(27)28)26-11-6-8-17-34(26)22(3)24(23)18-20/h12-13,18-19,26,30H,3-11,14-17H2,1-2H3. The van der Waals surface area contributed by atoms with E-state index < -0.39 is 0 Å². The molecule has 2 bridgehead atoms. The molecule has 2 aromatic heterocycles. The number of aromatic nitrogens is 3. The summed E-state index contributed by atoms with van der Waals surface area (Å²) in [6, 6.07) is 9.38. The summed E-state index contributed by atoms with van der Waals surface area (Å²) in [5.74, 6) is 2.23. The number of fused-ring (bicyclic) bond motifs is 4. The zero-order valence-electron chi connectivity index (χ0n) is 21.3. The van der Waals surface area contributed by atoms with Gasteiger partial charge in [-0.1, -0.05) is 30.7 Å². The summed E-state index contributed by atoms with van der Waals surface area (Å²) in [7, 11) is 0. The van der Waals surface area contributed by atoms with Crippen LogP contribution in [0.3, 0.4) is 0 Å². The third-order valence-corrected chi connectivity index (χ3v) is 8.17. The van der Waals surface area contributed by atoms with Crippen molar-refractivity contribution in [3.05, 3.63) is 58.8 Å². The summed E-state index contributed by atoms with van der Waals surface area (Å²) in [6.07, 6.45) is 9.43. The largest absolute Gasteiger partial charge is 0.370 e. The third-order valence-electron chi connectivity index (χ3n) is 8.17. The minimum atomic E-state index is 0.233. The SMILES string of the molecule is C=C1c2cc(C)ccc2CCCCCNc2c(C)c(N3CCC3)nc3cc(nn23)C2CCCCN12. The van der Waals surface area contributed by atoms with E-state index in [1.54, 1.807) is 0 Å². The Morgan fingerprint density at radius 3 is 2.69 bits per heavy atom. The van der Waals surface area contributed by atoms with Crippen molar-refractivity contribution in [1.82, 2.24) is 19.5 Å². The molecule has 1 unspecified atom stereocenters. The van der Waals surface area contributed by atoms with E-state index in [0.29, 0.717) is 0 Å². The topological polar surface area (TPSA) is 48.7 Å². The molecule has 184 valence electrons. The maximum atomic E-state index is 5.19. The first-order chi connectivity index (χ1) is 17.1. The number of rotatable bonds is 1. The van der Waals surface area contributed by atoms with Crippen LogP contribution in [-0.4, -0.2) is 45.7 Å². The van der Waals surface area contributed by atoms with Crippen molar-refractivity contribution in [1.29, 1.82) is 0 Å². The molecule has 35 heavy (non-hydrogen) atoms. The van der Waals surface area contributed by atoms with Gasteiger partial charge in [0.15, 0.2) is 5.65 Å². The number of nitrogens with one attached hydrogen (secondary N) is 1. The zero-order valence-corrected chi connectivity index (χ0v) is 21.3. The number of nitrogens with zero attached hydrogens (tertiary/aromatic N) is 5. The van der Waals surface area contributed by atoms with E-state index in [0.717, 1.165) is 74.1 Å². The van der Waals surface area contributed by atoms with Gasteiger partial charge in [-0.15, -0.1) is 0 Å². The van der Waals surface area contributed by atoms with Crippen LogP contribution in [0.4, 0.5) is 11.6 Å². The van der Waals surface area contributed by atoms with Crippen molar-refractivity contribution in [2.45, 2.75) is 71.3 Å². The quantitative estimate of drug-likeness (QED) is 0.480. The Morgan fingerprint density at radius 1 is 0.971 bits per heavy atom. The molecule has 5 heterocycles. The molecule has 0 saturated carbocycles. The highest BCUT2D eigenvalue weighted by atomic mass is 15.3. The molecule has 6 nitrogen and oxygen atoms in total. The fourth-order valence-electron chi connectivity index (χ4n) is 6.01. The number of aryl methyl sites for hydroxylation is 2. The number of hydrogen-bond donors (Lipinski definition) is 1. The van der Waals surface area contributed by atoms with Crippen LogP contribution in [-0.2, 0) is 6.42 Å². The van der Waals surface area contributed by atoms with Gasteiger partial charge in [-0.3, -0.25) is 0 Å². The number of hydrogen-bond acceptors (Lipinski definition) is 5. The second kappa shape index (κ2) is 9.21. The van der Waals surface area contributed by atoms with Crippen LogP contribution in [0.5, 0.6) is 0 Å². The van der Waals surface area contributed by atoms with E-state index in [1.807, 2.05) is 0 Å². The number of benzene rings is 1. The van der Waals surface area contributed by atoms with E-state index in [4.69, 9.17) is 10.1 Å². The Bertz CT molecular complexity index is 1250. The maximum absolute atomic E-state index is 5.19. The molecule has 6 rings (SSSR count). The van der Waals surface area contributed by atoms with Gasteiger partial charge in [0.2, 0.25) is 0 Å². The summed E-state index contributed by atoms with van der Waals surface area (Å²) in [5.41, 5.74) is 8.49. The fourth-order valence-corrected chi connectivity index (χ4v) is 6.01. The summed E-state index contributed by atoms with van der Waals surface area (Å²) in [5, 5.41) is 8.95. The Balaban J connectivity index is 1.47.